The monoisotopic (exact) mass is 481 g/mol. The molecule has 12 nitrogen and oxygen atoms in total. The van der Waals surface area contributed by atoms with Crippen LogP contribution in [0.1, 0.15) is 52.8 Å². The van der Waals surface area contributed by atoms with Crippen molar-refractivity contribution in [2.24, 2.45) is 0 Å². The molecule has 1 fully saturated rings. The molecule has 0 spiro atoms. The van der Waals surface area contributed by atoms with Gasteiger partial charge in [-0.15, -0.1) is 0 Å². The van der Waals surface area contributed by atoms with Crippen LogP contribution in [0.3, 0.4) is 0 Å². The number of carbonyl (C=O) groups excluding carboxylic acids is 2. The van der Waals surface area contributed by atoms with E-state index in [1.165, 1.54) is 24.3 Å². The molecule has 1 N–H and O–H groups in total. The zero-order valence-electron chi connectivity index (χ0n) is 18.2. The number of fused-ring (bicyclic) bond motifs is 1. The van der Waals surface area contributed by atoms with Crippen molar-refractivity contribution in [2.45, 2.75) is 38.1 Å². The fourth-order valence-corrected chi connectivity index (χ4v) is 3.91. The molecule has 1 aliphatic carbocycles. The van der Waals surface area contributed by atoms with Crippen LogP contribution in [0.25, 0.3) is 11.0 Å². The molecular weight excluding hydrogens is 462 g/mol. The summed E-state index contributed by atoms with van der Waals surface area (Å²) in [6.07, 6.45) is 4.86. The minimum absolute atomic E-state index is 0.0118. The molecule has 1 aliphatic rings. The second-order valence-corrected chi connectivity index (χ2v) is 8.10. The molecule has 3 aromatic rings. The molecule has 0 aliphatic heterocycles. The van der Waals surface area contributed by atoms with E-state index in [1.54, 1.807) is 0 Å². The van der Waals surface area contributed by atoms with E-state index in [0.29, 0.717) is 5.39 Å². The van der Waals surface area contributed by atoms with Gasteiger partial charge in [-0.05, 0) is 31.0 Å². The summed E-state index contributed by atoms with van der Waals surface area (Å²) < 4.78 is 10.4. The largest absolute Gasteiger partial charge is 0.423 e. The van der Waals surface area contributed by atoms with Crippen LogP contribution in [-0.4, -0.2) is 27.8 Å². The van der Waals surface area contributed by atoms with Gasteiger partial charge in [0.2, 0.25) is 0 Å². The second kappa shape index (κ2) is 9.71. The van der Waals surface area contributed by atoms with Gasteiger partial charge >= 0.3 is 11.6 Å². The topological polar surface area (TPSA) is 172 Å². The van der Waals surface area contributed by atoms with E-state index in [9.17, 15) is 34.6 Å². The number of non-ortho nitro benzene ring substituents is 2. The van der Waals surface area contributed by atoms with Crippen molar-refractivity contribution in [3.63, 3.8) is 0 Å². The first-order chi connectivity index (χ1) is 16.7. The Bertz CT molecular complexity index is 1370. The minimum atomic E-state index is -1.08. The molecule has 0 atom stereocenters. The first kappa shape index (κ1) is 23.5. The molecule has 0 unspecified atom stereocenters. The number of nitrogens with zero attached hydrogens (tertiary/aromatic N) is 2. The standard InChI is InChI=1S/C23H19N3O9/c27-21(24-15-4-2-1-3-5-15)19-10-13-6-7-18(12-20(13)35-23(19)29)34-22(28)14-8-16(25(30)31)11-17(9-14)26(32)33/h6-12,15H,1-5H2,(H,24,27). The summed E-state index contributed by atoms with van der Waals surface area (Å²) in [6, 6.07) is 7.91. The lowest BCUT2D eigenvalue weighted by Crippen LogP contribution is -2.38. The van der Waals surface area contributed by atoms with E-state index in [2.05, 4.69) is 5.32 Å². The van der Waals surface area contributed by atoms with Gasteiger partial charge in [0.05, 0.1) is 21.5 Å². The minimum Gasteiger partial charge on any atom is -0.423 e. The van der Waals surface area contributed by atoms with E-state index in [1.807, 2.05) is 0 Å². The molecule has 0 radical (unpaired) electrons. The third-order valence-electron chi connectivity index (χ3n) is 5.66. The first-order valence-electron chi connectivity index (χ1n) is 10.8. The van der Waals surface area contributed by atoms with Crippen LogP contribution in [0, 0.1) is 20.2 Å². The zero-order valence-corrected chi connectivity index (χ0v) is 18.2. The summed E-state index contributed by atoms with van der Waals surface area (Å²) in [5.74, 6) is -1.67. The normalized spacial score (nSPS) is 13.8. The number of ether oxygens (including phenoxy) is 1. The molecule has 12 heteroatoms. The van der Waals surface area contributed by atoms with Crippen molar-refractivity contribution in [3.8, 4) is 5.75 Å². The number of amides is 1. The third kappa shape index (κ3) is 5.32. The molecular formula is C23H19N3O9. The van der Waals surface area contributed by atoms with Gasteiger partial charge in [-0.25, -0.2) is 9.59 Å². The lowest BCUT2D eigenvalue weighted by Gasteiger charge is -2.22. The number of rotatable bonds is 6. The average molecular weight is 481 g/mol. The molecule has 1 amide bonds. The van der Waals surface area contributed by atoms with Gasteiger partial charge in [0.1, 0.15) is 16.9 Å². The van der Waals surface area contributed by atoms with Crippen LogP contribution < -0.4 is 15.7 Å². The Hall–Kier alpha value is -4.61. The number of carbonyl (C=O) groups is 2. The maximum Gasteiger partial charge on any atom is 0.349 e. The highest BCUT2D eigenvalue weighted by Crippen LogP contribution is 2.26. The summed E-state index contributed by atoms with van der Waals surface area (Å²) >= 11 is 0. The maximum atomic E-state index is 12.6. The van der Waals surface area contributed by atoms with Crippen molar-refractivity contribution in [1.29, 1.82) is 0 Å². The number of nitro groups is 2. The smallest absolute Gasteiger partial charge is 0.349 e. The summed E-state index contributed by atoms with van der Waals surface area (Å²) in [5, 5.41) is 25.3. The number of hydrogen-bond acceptors (Lipinski definition) is 9. The molecule has 0 saturated heterocycles. The van der Waals surface area contributed by atoms with Crippen LogP contribution in [0.4, 0.5) is 11.4 Å². The first-order valence-corrected chi connectivity index (χ1v) is 10.8. The quantitative estimate of drug-likeness (QED) is 0.180. The Balaban J connectivity index is 1.56. The maximum absolute atomic E-state index is 12.6. The Morgan fingerprint density at radius 2 is 1.60 bits per heavy atom. The predicted molar refractivity (Wildman–Crippen MR) is 122 cm³/mol. The van der Waals surface area contributed by atoms with E-state index >= 15 is 0 Å². The molecule has 35 heavy (non-hydrogen) atoms. The van der Waals surface area contributed by atoms with Crippen LogP contribution in [0.5, 0.6) is 5.75 Å². The molecule has 0 bridgehead atoms. The van der Waals surface area contributed by atoms with Crippen molar-refractivity contribution in [2.75, 3.05) is 0 Å². The summed E-state index contributed by atoms with van der Waals surface area (Å²) in [5.41, 5.74) is -2.65. The summed E-state index contributed by atoms with van der Waals surface area (Å²) in [6.45, 7) is 0. The average Bonchev–Trinajstić information content (AvgIpc) is 2.83. The van der Waals surface area contributed by atoms with E-state index in [-0.39, 0.29) is 22.9 Å². The Kier molecular flexibility index (Phi) is 6.53. The number of esters is 1. The highest BCUT2D eigenvalue weighted by Gasteiger charge is 2.22. The van der Waals surface area contributed by atoms with Gasteiger partial charge in [-0.3, -0.25) is 25.0 Å². The van der Waals surface area contributed by atoms with Crippen LogP contribution >= 0.6 is 0 Å². The van der Waals surface area contributed by atoms with E-state index in [4.69, 9.17) is 9.15 Å². The van der Waals surface area contributed by atoms with Gasteiger partial charge in [-0.2, -0.15) is 0 Å². The molecule has 1 aromatic heterocycles. The Labute approximate surface area is 196 Å². The van der Waals surface area contributed by atoms with Crippen LogP contribution in [0.15, 0.2) is 51.7 Å². The van der Waals surface area contributed by atoms with Gasteiger partial charge in [0.15, 0.2) is 0 Å². The lowest BCUT2D eigenvalue weighted by atomic mass is 9.95. The Morgan fingerprint density at radius 1 is 0.943 bits per heavy atom. The molecule has 1 heterocycles. The summed E-state index contributed by atoms with van der Waals surface area (Å²) in [7, 11) is 0. The highest BCUT2D eigenvalue weighted by molar-refractivity contribution is 5.97. The SMILES string of the molecule is O=C(Oc1ccc2cc(C(=O)NC3CCCCC3)c(=O)oc2c1)c1cc([N+](=O)[O-])cc([N+](=O)[O-])c1. The molecule has 4 rings (SSSR count). The number of hydrogen-bond donors (Lipinski definition) is 1. The third-order valence-corrected chi connectivity index (χ3v) is 5.66. The lowest BCUT2D eigenvalue weighted by molar-refractivity contribution is -0.394. The van der Waals surface area contributed by atoms with Crippen molar-refractivity contribution in [1.82, 2.24) is 5.32 Å². The van der Waals surface area contributed by atoms with Crippen LogP contribution in [-0.2, 0) is 0 Å². The van der Waals surface area contributed by atoms with E-state index in [0.717, 1.165) is 50.3 Å². The second-order valence-electron chi connectivity index (χ2n) is 8.10. The number of benzene rings is 2. The summed E-state index contributed by atoms with van der Waals surface area (Å²) in [4.78, 5) is 57.8. The number of nitro benzene ring substituents is 2. The fraction of sp³-hybridized carbons (Fsp3) is 0.261. The van der Waals surface area contributed by atoms with Crippen molar-refractivity contribution < 1.29 is 28.6 Å². The predicted octanol–water partition coefficient (Wildman–Crippen LogP) is 3.89. The van der Waals surface area contributed by atoms with Crippen molar-refractivity contribution >= 4 is 34.2 Å². The van der Waals surface area contributed by atoms with E-state index < -0.39 is 44.3 Å². The highest BCUT2D eigenvalue weighted by atomic mass is 16.6. The van der Waals surface area contributed by atoms with Gasteiger partial charge in [0, 0.05) is 29.6 Å². The fourth-order valence-electron chi connectivity index (χ4n) is 3.91. The zero-order chi connectivity index (χ0) is 25.1. The Morgan fingerprint density at radius 3 is 2.23 bits per heavy atom. The van der Waals surface area contributed by atoms with Crippen LogP contribution in [0.2, 0.25) is 0 Å². The van der Waals surface area contributed by atoms with Gasteiger partial charge < -0.3 is 14.5 Å². The molecule has 2 aromatic carbocycles. The van der Waals surface area contributed by atoms with Gasteiger partial charge in [0.25, 0.3) is 17.3 Å². The number of nitrogens with one attached hydrogen (secondary N) is 1. The molecule has 180 valence electrons. The molecule has 1 saturated carbocycles. The van der Waals surface area contributed by atoms with Gasteiger partial charge in [-0.1, -0.05) is 19.3 Å². The van der Waals surface area contributed by atoms with Crippen molar-refractivity contribution in [3.05, 3.63) is 84.2 Å².